The van der Waals surface area contributed by atoms with Gasteiger partial charge in [-0.25, -0.2) is 9.18 Å². The van der Waals surface area contributed by atoms with Gasteiger partial charge in [-0.05, 0) is 60.9 Å². The lowest BCUT2D eigenvalue weighted by molar-refractivity contribution is -0.133. The summed E-state index contributed by atoms with van der Waals surface area (Å²) >= 11 is 1.63. The summed E-state index contributed by atoms with van der Waals surface area (Å²) in [6, 6.07) is 8.28. The monoisotopic (exact) mass is 473 g/mol. The highest BCUT2D eigenvalue weighted by molar-refractivity contribution is 7.10. The molecule has 0 atom stereocenters. The van der Waals surface area contributed by atoms with Crippen molar-refractivity contribution in [3.8, 4) is 0 Å². The van der Waals surface area contributed by atoms with Gasteiger partial charge in [0.25, 0.3) is 0 Å². The van der Waals surface area contributed by atoms with Gasteiger partial charge in [0.2, 0.25) is 5.91 Å². The lowest BCUT2D eigenvalue weighted by Gasteiger charge is -2.35. The lowest BCUT2D eigenvalue weighted by atomic mass is 9.94. The fraction of sp³-hybridized carbons (Fsp3) is 0.538. The number of carbonyl (C=O) groups is 2. The zero-order valence-electron chi connectivity index (χ0n) is 19.8. The van der Waals surface area contributed by atoms with Crippen LogP contribution in [0.3, 0.4) is 0 Å². The van der Waals surface area contributed by atoms with Gasteiger partial charge in [0.15, 0.2) is 0 Å². The molecule has 3 amide bonds. The predicted octanol–water partition coefficient (Wildman–Crippen LogP) is 5.87. The average molecular weight is 474 g/mol. The van der Waals surface area contributed by atoms with Crippen molar-refractivity contribution in [1.29, 1.82) is 0 Å². The van der Waals surface area contributed by atoms with Gasteiger partial charge in [-0.1, -0.05) is 44.7 Å². The van der Waals surface area contributed by atoms with E-state index in [4.69, 9.17) is 0 Å². The summed E-state index contributed by atoms with van der Waals surface area (Å²) in [5.41, 5.74) is 2.02. The van der Waals surface area contributed by atoms with Crippen molar-refractivity contribution >= 4 is 23.3 Å². The SMILES string of the molecule is CCCCNC(=O)N(CC(=O)N(Cc1ccc(F)cc1)Cc1sccc1C)C1CCCCC1. The maximum absolute atomic E-state index is 13.6. The number of urea groups is 1. The molecule has 1 aromatic heterocycles. The number of unbranched alkanes of at least 4 members (excludes halogenated alkanes) is 1. The Balaban J connectivity index is 1.77. The molecule has 3 rings (SSSR count). The fourth-order valence-electron chi connectivity index (χ4n) is 4.26. The Morgan fingerprint density at radius 3 is 2.45 bits per heavy atom. The molecule has 0 spiro atoms. The second-order valence-electron chi connectivity index (χ2n) is 8.91. The van der Waals surface area contributed by atoms with Gasteiger partial charge in [0, 0.05) is 24.0 Å². The maximum atomic E-state index is 13.6. The first-order valence-electron chi connectivity index (χ1n) is 12.1. The number of amides is 3. The van der Waals surface area contributed by atoms with Gasteiger partial charge < -0.3 is 15.1 Å². The molecule has 33 heavy (non-hydrogen) atoms. The normalized spacial score (nSPS) is 14.2. The van der Waals surface area contributed by atoms with Crippen molar-refractivity contribution in [2.75, 3.05) is 13.1 Å². The third-order valence-corrected chi connectivity index (χ3v) is 7.34. The van der Waals surface area contributed by atoms with Crippen LogP contribution in [0.25, 0.3) is 0 Å². The molecular formula is C26H36FN3O2S. The quantitative estimate of drug-likeness (QED) is 0.439. The summed E-state index contributed by atoms with van der Waals surface area (Å²) in [6.07, 6.45) is 7.17. The van der Waals surface area contributed by atoms with Gasteiger partial charge in [-0.2, -0.15) is 0 Å². The molecule has 1 saturated carbocycles. The number of nitrogens with zero attached hydrogens (tertiary/aromatic N) is 2. The van der Waals surface area contributed by atoms with Gasteiger partial charge in [0.05, 0.1) is 6.54 Å². The van der Waals surface area contributed by atoms with Gasteiger partial charge >= 0.3 is 6.03 Å². The van der Waals surface area contributed by atoms with E-state index in [1.165, 1.54) is 18.6 Å². The van der Waals surface area contributed by atoms with Crippen LogP contribution in [0.2, 0.25) is 0 Å². The number of nitrogens with one attached hydrogen (secondary N) is 1. The molecule has 0 unspecified atom stereocenters. The number of carbonyl (C=O) groups excluding carboxylic acids is 2. The molecule has 0 radical (unpaired) electrons. The zero-order valence-corrected chi connectivity index (χ0v) is 20.6. The third kappa shape index (κ3) is 7.56. The lowest BCUT2D eigenvalue weighted by Crippen LogP contribution is -2.51. The standard InChI is InChI=1S/C26H36FN3O2S/c1-3-4-15-28-26(32)30(23-8-6-5-7-9-23)19-25(31)29(18-24-20(2)14-16-33-24)17-21-10-12-22(27)13-11-21/h10-14,16,23H,3-9,15,17-19H2,1-2H3,(H,28,32). The molecule has 1 aliphatic rings. The summed E-state index contributed by atoms with van der Waals surface area (Å²) in [6.45, 7) is 5.69. The van der Waals surface area contributed by atoms with Crippen molar-refractivity contribution in [3.63, 3.8) is 0 Å². The van der Waals surface area contributed by atoms with Crippen molar-refractivity contribution in [1.82, 2.24) is 15.1 Å². The van der Waals surface area contributed by atoms with Crippen LogP contribution >= 0.6 is 11.3 Å². The number of benzene rings is 1. The Morgan fingerprint density at radius 2 is 1.82 bits per heavy atom. The van der Waals surface area contributed by atoms with Crippen LogP contribution in [0.15, 0.2) is 35.7 Å². The molecule has 2 aromatic rings. The average Bonchev–Trinajstić information content (AvgIpc) is 3.23. The van der Waals surface area contributed by atoms with Crippen LogP contribution in [0.1, 0.15) is 67.9 Å². The van der Waals surface area contributed by atoms with Crippen molar-refractivity contribution < 1.29 is 14.0 Å². The molecule has 0 bridgehead atoms. The molecular weight excluding hydrogens is 437 g/mol. The first kappa shape index (κ1) is 25.2. The molecule has 1 N–H and O–H groups in total. The second kappa shape index (κ2) is 12.7. The van der Waals surface area contributed by atoms with E-state index in [0.29, 0.717) is 19.6 Å². The minimum Gasteiger partial charge on any atom is -0.338 e. The molecule has 0 saturated heterocycles. The van der Waals surface area contributed by atoms with Gasteiger partial charge in [-0.15, -0.1) is 11.3 Å². The minimum atomic E-state index is -0.294. The van der Waals surface area contributed by atoms with E-state index in [0.717, 1.165) is 54.5 Å². The Morgan fingerprint density at radius 1 is 1.09 bits per heavy atom. The van der Waals surface area contributed by atoms with Crippen molar-refractivity contribution in [2.45, 2.75) is 77.9 Å². The largest absolute Gasteiger partial charge is 0.338 e. The number of thiophene rings is 1. The Kier molecular flexibility index (Phi) is 9.73. The van der Waals surface area contributed by atoms with E-state index < -0.39 is 0 Å². The summed E-state index contributed by atoms with van der Waals surface area (Å²) < 4.78 is 13.4. The summed E-state index contributed by atoms with van der Waals surface area (Å²) in [7, 11) is 0. The number of rotatable bonds is 10. The van der Waals surface area contributed by atoms with Crippen LogP contribution in [0.5, 0.6) is 0 Å². The highest BCUT2D eigenvalue weighted by Gasteiger charge is 2.29. The Hall–Kier alpha value is -2.41. The summed E-state index contributed by atoms with van der Waals surface area (Å²) in [5, 5.41) is 5.04. The van der Waals surface area contributed by atoms with Gasteiger partial charge in [-0.3, -0.25) is 4.79 Å². The smallest absolute Gasteiger partial charge is 0.318 e. The number of aryl methyl sites for hydroxylation is 1. The first-order chi connectivity index (χ1) is 16.0. The fourth-order valence-corrected chi connectivity index (χ4v) is 5.18. The van der Waals surface area contributed by atoms with E-state index in [1.807, 2.05) is 12.3 Å². The summed E-state index contributed by atoms with van der Waals surface area (Å²) in [4.78, 5) is 31.3. The van der Waals surface area contributed by atoms with E-state index in [1.54, 1.807) is 33.3 Å². The number of hydrogen-bond donors (Lipinski definition) is 1. The van der Waals surface area contributed by atoms with Crippen LogP contribution < -0.4 is 5.32 Å². The Bertz CT molecular complexity index is 893. The van der Waals surface area contributed by atoms with Crippen molar-refractivity contribution in [3.05, 3.63) is 57.5 Å². The summed E-state index contributed by atoms with van der Waals surface area (Å²) in [5.74, 6) is -0.374. The molecule has 7 heteroatoms. The first-order valence-corrected chi connectivity index (χ1v) is 13.0. The number of halogens is 1. The van der Waals surface area contributed by atoms with E-state index in [2.05, 4.69) is 18.3 Å². The molecule has 1 aliphatic carbocycles. The van der Waals surface area contributed by atoms with Crippen LogP contribution in [-0.2, 0) is 17.9 Å². The van der Waals surface area contributed by atoms with Crippen molar-refractivity contribution in [2.24, 2.45) is 0 Å². The highest BCUT2D eigenvalue weighted by atomic mass is 32.1. The molecule has 1 aromatic carbocycles. The van der Waals surface area contributed by atoms with Gasteiger partial charge in [0.1, 0.15) is 12.4 Å². The molecule has 5 nitrogen and oxygen atoms in total. The molecule has 0 aliphatic heterocycles. The number of hydrogen-bond acceptors (Lipinski definition) is 3. The Labute approximate surface area is 201 Å². The molecule has 1 heterocycles. The third-order valence-electron chi connectivity index (χ3n) is 6.33. The second-order valence-corrected chi connectivity index (χ2v) is 9.91. The zero-order chi connectivity index (χ0) is 23.6. The molecule has 1 fully saturated rings. The van der Waals surface area contributed by atoms with Crippen LogP contribution in [0, 0.1) is 12.7 Å². The van der Waals surface area contributed by atoms with E-state index in [9.17, 15) is 14.0 Å². The topological polar surface area (TPSA) is 52.7 Å². The van der Waals surface area contributed by atoms with E-state index >= 15 is 0 Å². The van der Waals surface area contributed by atoms with E-state index in [-0.39, 0.29) is 30.3 Å². The minimum absolute atomic E-state index is 0.0637. The maximum Gasteiger partial charge on any atom is 0.318 e. The highest BCUT2D eigenvalue weighted by Crippen LogP contribution is 2.24. The van der Waals surface area contributed by atoms with Crippen LogP contribution in [0.4, 0.5) is 9.18 Å². The van der Waals surface area contributed by atoms with Crippen LogP contribution in [-0.4, -0.2) is 40.9 Å². The predicted molar refractivity (Wildman–Crippen MR) is 132 cm³/mol. The molecule has 180 valence electrons.